The Morgan fingerprint density at radius 1 is 1.11 bits per heavy atom. The maximum Gasteiger partial charge on any atom is 0.374 e. The van der Waals surface area contributed by atoms with E-state index in [0.29, 0.717) is 5.56 Å². The summed E-state index contributed by atoms with van der Waals surface area (Å²) in [6, 6.07) is 5.36. The van der Waals surface area contributed by atoms with Gasteiger partial charge >= 0.3 is 11.9 Å². The van der Waals surface area contributed by atoms with Crippen molar-refractivity contribution in [2.45, 2.75) is 33.4 Å². The maximum absolute atomic E-state index is 12.6. The summed E-state index contributed by atoms with van der Waals surface area (Å²) in [6.45, 7) is 4.64. The third-order valence-electron chi connectivity index (χ3n) is 4.50. The van der Waals surface area contributed by atoms with Crippen LogP contribution in [0.25, 0.3) is 0 Å². The fraction of sp³-hybridized carbons (Fsp3) is 0.300. The smallest absolute Gasteiger partial charge is 0.374 e. The van der Waals surface area contributed by atoms with Crippen LogP contribution in [0.3, 0.4) is 0 Å². The van der Waals surface area contributed by atoms with Gasteiger partial charge in [0.1, 0.15) is 18.4 Å². The number of carbonyl (C=O) groups excluding carboxylic acids is 4. The van der Waals surface area contributed by atoms with Crippen LogP contribution in [-0.4, -0.2) is 41.8 Å². The zero-order chi connectivity index (χ0) is 20.6. The van der Waals surface area contributed by atoms with E-state index in [0.717, 1.165) is 10.5 Å². The highest BCUT2D eigenvalue weighted by Crippen LogP contribution is 2.26. The second-order valence-electron chi connectivity index (χ2n) is 6.53. The van der Waals surface area contributed by atoms with Crippen LogP contribution < -0.4 is 0 Å². The molecule has 1 unspecified atom stereocenters. The van der Waals surface area contributed by atoms with Gasteiger partial charge in [0.25, 0.3) is 11.8 Å². The minimum Gasteiger partial charge on any atom is -0.463 e. The summed E-state index contributed by atoms with van der Waals surface area (Å²) < 4.78 is 15.1. The predicted molar refractivity (Wildman–Crippen MR) is 95.7 cm³/mol. The fourth-order valence-electron chi connectivity index (χ4n) is 3.01. The fourth-order valence-corrected chi connectivity index (χ4v) is 3.01. The van der Waals surface area contributed by atoms with E-state index in [4.69, 9.17) is 9.15 Å². The Hall–Kier alpha value is -3.42. The number of nitrogens with zero attached hydrogens (tertiary/aromatic N) is 1. The third-order valence-corrected chi connectivity index (χ3v) is 4.50. The van der Waals surface area contributed by atoms with E-state index < -0.39 is 29.8 Å². The number of esters is 2. The summed E-state index contributed by atoms with van der Waals surface area (Å²) in [5.74, 6) is -2.19. The Morgan fingerprint density at radius 2 is 1.79 bits per heavy atom. The van der Waals surface area contributed by atoms with Crippen LogP contribution in [0, 0.1) is 13.8 Å². The molecule has 0 N–H and O–H groups in total. The van der Waals surface area contributed by atoms with Crippen LogP contribution >= 0.6 is 0 Å². The van der Waals surface area contributed by atoms with Crippen molar-refractivity contribution >= 4 is 23.8 Å². The number of hydrogen-bond donors (Lipinski definition) is 0. The molecule has 2 heterocycles. The lowest BCUT2D eigenvalue weighted by Crippen LogP contribution is -2.43. The van der Waals surface area contributed by atoms with E-state index in [-0.39, 0.29) is 29.3 Å². The lowest BCUT2D eigenvalue weighted by Gasteiger charge is -2.20. The average molecular weight is 385 g/mol. The van der Waals surface area contributed by atoms with Gasteiger partial charge in [-0.15, -0.1) is 0 Å². The minimum absolute atomic E-state index is 0.0253. The molecule has 0 bridgehead atoms. The number of aryl methyl sites for hydroxylation is 2. The minimum atomic E-state index is -1.11. The van der Waals surface area contributed by atoms with Crippen molar-refractivity contribution in [3.63, 3.8) is 0 Å². The molecule has 1 atom stereocenters. The van der Waals surface area contributed by atoms with Crippen LogP contribution in [0.2, 0.25) is 0 Å². The van der Waals surface area contributed by atoms with Crippen LogP contribution in [-0.2, 0) is 20.9 Å². The first-order chi connectivity index (χ1) is 13.2. The van der Waals surface area contributed by atoms with E-state index in [1.54, 1.807) is 31.2 Å². The van der Waals surface area contributed by atoms with E-state index >= 15 is 0 Å². The Balaban J connectivity index is 1.70. The van der Waals surface area contributed by atoms with E-state index in [1.165, 1.54) is 14.0 Å². The zero-order valence-corrected chi connectivity index (χ0v) is 15.9. The Morgan fingerprint density at radius 3 is 2.46 bits per heavy atom. The van der Waals surface area contributed by atoms with Crippen molar-refractivity contribution < 1.29 is 33.1 Å². The highest BCUT2D eigenvalue weighted by atomic mass is 16.6. The summed E-state index contributed by atoms with van der Waals surface area (Å²) in [6.07, 6.45) is 0. The van der Waals surface area contributed by atoms with Crippen LogP contribution in [0.5, 0.6) is 0 Å². The monoisotopic (exact) mass is 385 g/mol. The van der Waals surface area contributed by atoms with Gasteiger partial charge in [-0.3, -0.25) is 14.5 Å². The maximum atomic E-state index is 12.6. The molecule has 0 spiro atoms. The highest BCUT2D eigenvalue weighted by molar-refractivity contribution is 6.22. The van der Waals surface area contributed by atoms with Crippen LogP contribution in [0.15, 0.2) is 28.7 Å². The molecule has 1 aliphatic heterocycles. The Kier molecular flexibility index (Phi) is 5.04. The summed E-state index contributed by atoms with van der Waals surface area (Å²) in [4.78, 5) is 49.9. The summed E-state index contributed by atoms with van der Waals surface area (Å²) in [7, 11) is 1.23. The van der Waals surface area contributed by atoms with Gasteiger partial charge in [0.2, 0.25) is 5.76 Å². The predicted octanol–water partition coefficient (Wildman–Crippen LogP) is 2.41. The Labute approximate surface area is 161 Å². The average Bonchev–Trinajstić information content (AvgIpc) is 3.16. The molecule has 28 heavy (non-hydrogen) atoms. The molecular weight excluding hydrogens is 366 g/mol. The molecule has 1 aliphatic rings. The van der Waals surface area contributed by atoms with Gasteiger partial charge in [0.05, 0.1) is 18.2 Å². The molecule has 1 aromatic carbocycles. The van der Waals surface area contributed by atoms with Crippen molar-refractivity contribution in [1.82, 2.24) is 4.90 Å². The van der Waals surface area contributed by atoms with Crippen LogP contribution in [0.1, 0.15) is 55.1 Å². The topological polar surface area (TPSA) is 103 Å². The Bertz CT molecular complexity index is 988. The number of fused-ring (bicyclic) bond motifs is 1. The number of ether oxygens (including phenoxy) is 2. The molecule has 2 amide bonds. The lowest BCUT2D eigenvalue weighted by molar-refractivity contribution is -0.149. The molecule has 0 saturated carbocycles. The summed E-state index contributed by atoms with van der Waals surface area (Å²) in [5.41, 5.74) is 1.92. The molecule has 8 nitrogen and oxygen atoms in total. The number of imide groups is 1. The number of furan rings is 1. The number of carbonyl (C=O) groups is 4. The summed E-state index contributed by atoms with van der Waals surface area (Å²) >= 11 is 0. The van der Waals surface area contributed by atoms with E-state index in [9.17, 15) is 19.2 Å². The quantitative estimate of drug-likeness (QED) is 0.575. The van der Waals surface area contributed by atoms with Crippen molar-refractivity contribution in [2.24, 2.45) is 0 Å². The molecule has 8 heteroatoms. The first kappa shape index (κ1) is 19.3. The van der Waals surface area contributed by atoms with Gasteiger partial charge in [-0.1, -0.05) is 11.6 Å². The van der Waals surface area contributed by atoms with Gasteiger partial charge in [-0.05, 0) is 39.0 Å². The number of rotatable bonds is 5. The number of benzene rings is 1. The van der Waals surface area contributed by atoms with Gasteiger partial charge < -0.3 is 13.9 Å². The van der Waals surface area contributed by atoms with Gasteiger partial charge in [-0.2, -0.15) is 0 Å². The lowest BCUT2D eigenvalue weighted by atomic mass is 10.1. The first-order valence-corrected chi connectivity index (χ1v) is 8.57. The largest absolute Gasteiger partial charge is 0.463 e. The zero-order valence-electron chi connectivity index (χ0n) is 15.9. The molecule has 0 aliphatic carbocycles. The number of methoxy groups -OCH3 is 1. The highest BCUT2D eigenvalue weighted by Gasteiger charge is 2.41. The van der Waals surface area contributed by atoms with Crippen LogP contribution in [0.4, 0.5) is 0 Å². The summed E-state index contributed by atoms with van der Waals surface area (Å²) in [5, 5.41) is 0. The second kappa shape index (κ2) is 7.30. The SMILES string of the molecule is COC(=O)c1oc(COC(=O)C(C)N2C(=O)c3ccc(C)cc3C2=O)cc1C. The molecule has 146 valence electrons. The van der Waals surface area contributed by atoms with Crippen molar-refractivity contribution in [3.8, 4) is 0 Å². The van der Waals surface area contributed by atoms with Gasteiger partial charge in [0.15, 0.2) is 0 Å². The first-order valence-electron chi connectivity index (χ1n) is 8.57. The molecular formula is C20H19NO7. The third kappa shape index (κ3) is 3.28. The second-order valence-corrected chi connectivity index (χ2v) is 6.53. The van der Waals surface area contributed by atoms with Crippen molar-refractivity contribution in [3.05, 3.63) is 58.0 Å². The molecule has 0 radical (unpaired) electrons. The molecule has 0 saturated heterocycles. The molecule has 2 aromatic rings. The number of hydrogen-bond acceptors (Lipinski definition) is 7. The van der Waals surface area contributed by atoms with E-state index in [1.807, 2.05) is 6.92 Å². The normalized spacial score (nSPS) is 14.1. The standard InChI is InChI=1S/C20H19NO7/c1-10-5-6-14-15(7-10)18(23)21(17(14)22)12(3)19(24)27-9-13-8-11(2)16(28-13)20(25)26-4/h5-8,12H,9H2,1-4H3. The number of amides is 2. The van der Waals surface area contributed by atoms with Gasteiger partial charge in [-0.25, -0.2) is 9.59 Å². The van der Waals surface area contributed by atoms with Gasteiger partial charge in [0, 0.05) is 5.56 Å². The molecule has 1 aromatic heterocycles. The van der Waals surface area contributed by atoms with E-state index in [2.05, 4.69) is 4.74 Å². The van der Waals surface area contributed by atoms with Crippen molar-refractivity contribution in [1.29, 1.82) is 0 Å². The molecule has 0 fully saturated rings. The van der Waals surface area contributed by atoms with Crippen molar-refractivity contribution in [2.75, 3.05) is 7.11 Å². The molecule has 3 rings (SSSR count).